The Labute approximate surface area is 135 Å². The first kappa shape index (κ1) is 15.2. The third-order valence-corrected chi connectivity index (χ3v) is 2.93. The zero-order valence-electron chi connectivity index (χ0n) is 12.1. The number of nitriles is 1. The lowest BCUT2D eigenvalue weighted by molar-refractivity contribution is -0.115. The van der Waals surface area contributed by atoms with Crippen LogP contribution in [-0.2, 0) is 11.2 Å². The lowest BCUT2D eigenvalue weighted by Crippen LogP contribution is -2.14. The molecule has 0 fully saturated rings. The van der Waals surface area contributed by atoms with Gasteiger partial charge in [0.25, 0.3) is 5.89 Å². The molecule has 0 aliphatic heterocycles. The normalized spacial score (nSPS) is 10.2. The number of halogens is 1. The van der Waals surface area contributed by atoms with E-state index in [1.54, 1.807) is 6.07 Å². The minimum Gasteiger partial charge on any atom is -0.419 e. The fourth-order valence-electron chi connectivity index (χ4n) is 1.87. The van der Waals surface area contributed by atoms with E-state index in [4.69, 9.17) is 9.68 Å². The highest BCUT2D eigenvalue weighted by atomic mass is 19.1. The number of amides is 1. The summed E-state index contributed by atoms with van der Waals surface area (Å²) in [5.74, 6) is -0.851. The molecule has 0 aliphatic rings. The minimum absolute atomic E-state index is 0.0933. The second-order valence-corrected chi connectivity index (χ2v) is 4.62. The Morgan fingerprint density at radius 3 is 2.96 bits per heavy atom. The van der Waals surface area contributed by atoms with Crippen molar-refractivity contribution in [2.75, 3.05) is 5.32 Å². The predicted octanol–water partition coefficient (Wildman–Crippen LogP) is 1.72. The summed E-state index contributed by atoms with van der Waals surface area (Å²) in [4.78, 5) is 19.9. The van der Waals surface area contributed by atoms with Crippen LogP contribution in [0.4, 0.5) is 10.1 Å². The molecule has 0 radical (unpaired) electrons. The average Bonchev–Trinajstić information content (AvgIpc) is 3.05. The van der Waals surface area contributed by atoms with Crippen molar-refractivity contribution >= 4 is 11.6 Å². The monoisotopic (exact) mass is 324 g/mol. The van der Waals surface area contributed by atoms with Crippen molar-refractivity contribution in [3.8, 4) is 17.7 Å². The maximum atomic E-state index is 13.2. The molecule has 118 valence electrons. The number of rotatable bonds is 4. The van der Waals surface area contributed by atoms with Gasteiger partial charge in [-0.2, -0.15) is 5.26 Å². The van der Waals surface area contributed by atoms with Gasteiger partial charge in [0.15, 0.2) is 0 Å². The molecule has 0 unspecified atom stereocenters. The molecule has 0 saturated heterocycles. The quantitative estimate of drug-likeness (QED) is 0.776. The van der Waals surface area contributed by atoms with Crippen LogP contribution in [0.25, 0.3) is 11.6 Å². The van der Waals surface area contributed by atoms with Crippen LogP contribution >= 0.6 is 0 Å². The first-order chi connectivity index (χ1) is 11.7. The van der Waals surface area contributed by atoms with Gasteiger partial charge in [-0.15, -0.1) is 10.2 Å². The molecular formula is C15H9FN6O2. The van der Waals surface area contributed by atoms with Crippen molar-refractivity contribution in [2.45, 2.75) is 6.42 Å². The average molecular weight is 324 g/mol. The van der Waals surface area contributed by atoms with Crippen LogP contribution in [0.1, 0.15) is 11.5 Å². The number of carbonyl (C=O) groups is 1. The SMILES string of the molecule is N#Cc1cc(NC(=O)Cc2nnc(-c3cnccn3)o2)ccc1F. The fraction of sp³-hybridized carbons (Fsp3) is 0.0667. The van der Waals surface area contributed by atoms with Gasteiger partial charge in [0.1, 0.15) is 24.0 Å². The van der Waals surface area contributed by atoms with Gasteiger partial charge in [0, 0.05) is 18.1 Å². The number of anilines is 1. The lowest BCUT2D eigenvalue weighted by atomic mass is 10.2. The Morgan fingerprint density at radius 1 is 1.33 bits per heavy atom. The van der Waals surface area contributed by atoms with E-state index in [0.29, 0.717) is 11.4 Å². The van der Waals surface area contributed by atoms with E-state index in [0.717, 1.165) is 6.07 Å². The molecule has 0 aliphatic carbocycles. The van der Waals surface area contributed by atoms with Crippen molar-refractivity contribution in [3.63, 3.8) is 0 Å². The number of nitrogens with zero attached hydrogens (tertiary/aromatic N) is 5. The Kier molecular flexibility index (Phi) is 4.20. The number of benzene rings is 1. The lowest BCUT2D eigenvalue weighted by Gasteiger charge is -2.04. The molecule has 24 heavy (non-hydrogen) atoms. The van der Waals surface area contributed by atoms with Gasteiger partial charge < -0.3 is 9.73 Å². The molecule has 3 rings (SSSR count). The summed E-state index contributed by atoms with van der Waals surface area (Å²) in [6.07, 6.45) is 4.27. The highest BCUT2D eigenvalue weighted by Gasteiger charge is 2.14. The second kappa shape index (κ2) is 6.62. The van der Waals surface area contributed by atoms with Gasteiger partial charge in [0.2, 0.25) is 11.8 Å². The van der Waals surface area contributed by atoms with E-state index in [2.05, 4.69) is 25.5 Å². The summed E-state index contributed by atoms with van der Waals surface area (Å²) in [6.45, 7) is 0. The smallest absolute Gasteiger partial charge is 0.267 e. The maximum absolute atomic E-state index is 13.2. The second-order valence-electron chi connectivity index (χ2n) is 4.62. The number of carbonyl (C=O) groups excluding carboxylic acids is 1. The van der Waals surface area contributed by atoms with Crippen LogP contribution in [0.15, 0.2) is 41.2 Å². The van der Waals surface area contributed by atoms with E-state index in [-0.39, 0.29) is 23.8 Å². The molecule has 1 amide bonds. The standard InChI is InChI=1S/C15H9FN6O2/c16-11-2-1-10(5-9(11)7-17)20-13(23)6-14-21-22-15(24-14)12-8-18-3-4-19-12/h1-5,8H,6H2,(H,20,23). The van der Waals surface area contributed by atoms with E-state index >= 15 is 0 Å². The van der Waals surface area contributed by atoms with Gasteiger partial charge in [-0.3, -0.25) is 9.78 Å². The van der Waals surface area contributed by atoms with Crippen molar-refractivity contribution in [1.82, 2.24) is 20.2 Å². The van der Waals surface area contributed by atoms with Crippen LogP contribution in [0.2, 0.25) is 0 Å². The summed E-state index contributed by atoms with van der Waals surface area (Å²) in [7, 11) is 0. The van der Waals surface area contributed by atoms with Crippen LogP contribution in [-0.4, -0.2) is 26.1 Å². The zero-order chi connectivity index (χ0) is 16.9. The van der Waals surface area contributed by atoms with Gasteiger partial charge in [0.05, 0.1) is 11.8 Å². The Morgan fingerprint density at radius 2 is 2.21 bits per heavy atom. The molecule has 0 atom stereocenters. The van der Waals surface area contributed by atoms with Gasteiger partial charge in [-0.1, -0.05) is 0 Å². The van der Waals surface area contributed by atoms with E-state index < -0.39 is 11.7 Å². The number of hydrogen-bond donors (Lipinski definition) is 1. The molecule has 1 N–H and O–H groups in total. The molecular weight excluding hydrogens is 315 g/mol. The third kappa shape index (κ3) is 3.38. The molecule has 9 heteroatoms. The minimum atomic E-state index is -0.652. The number of nitrogens with one attached hydrogen (secondary N) is 1. The first-order valence-corrected chi connectivity index (χ1v) is 6.74. The summed E-state index contributed by atoms with van der Waals surface area (Å²) >= 11 is 0. The van der Waals surface area contributed by atoms with E-state index in [1.165, 1.54) is 30.7 Å². The molecule has 2 heterocycles. The van der Waals surface area contributed by atoms with Crippen molar-refractivity contribution < 1.29 is 13.6 Å². The molecule has 8 nitrogen and oxygen atoms in total. The molecule has 2 aromatic heterocycles. The largest absolute Gasteiger partial charge is 0.419 e. The summed E-state index contributed by atoms with van der Waals surface area (Å²) in [6, 6.07) is 5.40. The summed E-state index contributed by atoms with van der Waals surface area (Å²) in [5, 5.41) is 18.9. The summed E-state index contributed by atoms with van der Waals surface area (Å²) in [5.41, 5.74) is 0.538. The molecule has 0 saturated carbocycles. The van der Waals surface area contributed by atoms with Crippen LogP contribution in [0.3, 0.4) is 0 Å². The van der Waals surface area contributed by atoms with Crippen LogP contribution < -0.4 is 5.32 Å². The number of hydrogen-bond acceptors (Lipinski definition) is 7. The first-order valence-electron chi connectivity index (χ1n) is 6.74. The number of aromatic nitrogens is 4. The van der Waals surface area contributed by atoms with E-state index in [9.17, 15) is 9.18 Å². The van der Waals surface area contributed by atoms with Crippen molar-refractivity contribution in [3.05, 3.63) is 54.1 Å². The van der Waals surface area contributed by atoms with Gasteiger partial charge >= 0.3 is 0 Å². The fourth-order valence-corrected chi connectivity index (χ4v) is 1.87. The van der Waals surface area contributed by atoms with Gasteiger partial charge in [-0.05, 0) is 18.2 Å². The molecule has 0 bridgehead atoms. The Hall–Kier alpha value is -3.67. The van der Waals surface area contributed by atoms with Crippen LogP contribution in [0.5, 0.6) is 0 Å². The van der Waals surface area contributed by atoms with Gasteiger partial charge in [-0.25, -0.2) is 9.37 Å². The van der Waals surface area contributed by atoms with Crippen molar-refractivity contribution in [1.29, 1.82) is 5.26 Å². The molecule has 0 spiro atoms. The topological polar surface area (TPSA) is 118 Å². The molecule has 3 aromatic rings. The Bertz CT molecular complexity index is 919. The molecule has 1 aromatic carbocycles. The third-order valence-electron chi connectivity index (χ3n) is 2.93. The zero-order valence-corrected chi connectivity index (χ0v) is 12.1. The maximum Gasteiger partial charge on any atom is 0.267 e. The van der Waals surface area contributed by atoms with Crippen LogP contribution in [0, 0.1) is 17.1 Å². The highest BCUT2D eigenvalue weighted by Crippen LogP contribution is 2.16. The summed E-state index contributed by atoms with van der Waals surface area (Å²) < 4.78 is 18.6. The Balaban J connectivity index is 1.68. The highest BCUT2D eigenvalue weighted by molar-refractivity contribution is 5.91. The van der Waals surface area contributed by atoms with Crippen molar-refractivity contribution in [2.24, 2.45) is 0 Å². The van der Waals surface area contributed by atoms with E-state index in [1.807, 2.05) is 0 Å². The predicted molar refractivity (Wildman–Crippen MR) is 78.8 cm³/mol.